The molecule has 2 rings (SSSR count). The second-order valence-corrected chi connectivity index (χ2v) is 3.72. The molecule has 1 aromatic heterocycles. The maximum absolute atomic E-state index is 6.02. The molecule has 0 amide bonds. The molecule has 0 bridgehead atoms. The number of ether oxygens (including phenoxy) is 1. The molecular weight excluding hydrogens is 200 g/mol. The van der Waals surface area contributed by atoms with Crippen LogP contribution in [0.1, 0.15) is 18.5 Å². The third-order valence-electron chi connectivity index (χ3n) is 2.56. The van der Waals surface area contributed by atoms with Crippen LogP contribution < -0.4 is 5.73 Å². The van der Waals surface area contributed by atoms with E-state index >= 15 is 0 Å². The topological polar surface area (TPSA) is 48.1 Å². The second kappa shape index (κ2) is 5.05. The third kappa shape index (κ3) is 2.38. The summed E-state index contributed by atoms with van der Waals surface area (Å²) in [5.74, 6) is 0. The fraction of sp³-hybridized carbons (Fsp3) is 0.308. The van der Waals surface area contributed by atoms with Gasteiger partial charge in [-0.25, -0.2) is 0 Å². The molecule has 0 aliphatic heterocycles. The molecule has 1 heterocycles. The summed E-state index contributed by atoms with van der Waals surface area (Å²) in [5.41, 5.74) is 8.07. The summed E-state index contributed by atoms with van der Waals surface area (Å²) in [7, 11) is 0. The Kier molecular flexibility index (Phi) is 3.49. The summed E-state index contributed by atoms with van der Waals surface area (Å²) in [6.45, 7) is 3.21. The Hall–Kier alpha value is -1.45. The van der Waals surface area contributed by atoms with Crippen molar-refractivity contribution in [2.45, 2.75) is 13.0 Å². The molecule has 0 aliphatic rings. The quantitative estimate of drug-likeness (QED) is 0.852. The van der Waals surface area contributed by atoms with E-state index in [4.69, 9.17) is 10.5 Å². The van der Waals surface area contributed by atoms with Crippen molar-refractivity contribution in [3.05, 3.63) is 42.1 Å². The van der Waals surface area contributed by atoms with Gasteiger partial charge in [-0.2, -0.15) is 0 Å². The Morgan fingerprint density at radius 2 is 2.25 bits per heavy atom. The SMILES string of the molecule is CCOCC(N)c1ccc2cccnc2c1. The van der Waals surface area contributed by atoms with Crippen molar-refractivity contribution in [1.29, 1.82) is 0 Å². The van der Waals surface area contributed by atoms with Crippen molar-refractivity contribution in [1.82, 2.24) is 4.98 Å². The van der Waals surface area contributed by atoms with Crippen LogP contribution in [-0.2, 0) is 4.74 Å². The number of rotatable bonds is 4. The first-order valence-corrected chi connectivity index (χ1v) is 5.49. The van der Waals surface area contributed by atoms with Gasteiger partial charge in [-0.15, -0.1) is 0 Å². The van der Waals surface area contributed by atoms with Crippen molar-refractivity contribution >= 4 is 10.9 Å². The van der Waals surface area contributed by atoms with E-state index in [0.717, 1.165) is 16.5 Å². The predicted molar refractivity (Wildman–Crippen MR) is 65.2 cm³/mol. The molecule has 0 aliphatic carbocycles. The molecule has 2 N–H and O–H groups in total. The number of benzene rings is 1. The van der Waals surface area contributed by atoms with Crippen LogP contribution in [0.4, 0.5) is 0 Å². The molecule has 0 saturated carbocycles. The zero-order chi connectivity index (χ0) is 11.4. The molecular formula is C13H16N2O. The van der Waals surface area contributed by atoms with E-state index in [9.17, 15) is 0 Å². The van der Waals surface area contributed by atoms with Gasteiger partial charge in [-0.3, -0.25) is 4.98 Å². The van der Waals surface area contributed by atoms with E-state index in [0.29, 0.717) is 13.2 Å². The Bertz CT molecular complexity index is 470. The van der Waals surface area contributed by atoms with Crippen LogP contribution >= 0.6 is 0 Å². The summed E-state index contributed by atoms with van der Waals surface area (Å²) in [5, 5.41) is 1.13. The van der Waals surface area contributed by atoms with Gasteiger partial charge < -0.3 is 10.5 Å². The molecule has 1 unspecified atom stereocenters. The standard InChI is InChI=1S/C13H16N2O/c1-2-16-9-12(14)11-6-5-10-4-3-7-15-13(10)8-11/h3-8,12H,2,9,14H2,1H3. The van der Waals surface area contributed by atoms with Crippen molar-refractivity contribution in [3.63, 3.8) is 0 Å². The molecule has 1 aromatic carbocycles. The lowest BCUT2D eigenvalue weighted by Crippen LogP contribution is -2.17. The van der Waals surface area contributed by atoms with E-state index in [2.05, 4.69) is 4.98 Å². The Morgan fingerprint density at radius 3 is 3.06 bits per heavy atom. The first-order chi connectivity index (χ1) is 7.81. The minimum Gasteiger partial charge on any atom is -0.380 e. The van der Waals surface area contributed by atoms with E-state index in [1.807, 2.05) is 37.3 Å². The van der Waals surface area contributed by atoms with E-state index in [-0.39, 0.29) is 6.04 Å². The summed E-state index contributed by atoms with van der Waals surface area (Å²) < 4.78 is 5.32. The lowest BCUT2D eigenvalue weighted by Gasteiger charge is -2.12. The number of aromatic nitrogens is 1. The van der Waals surface area contributed by atoms with Crippen LogP contribution in [0.15, 0.2) is 36.5 Å². The second-order valence-electron chi connectivity index (χ2n) is 3.72. The zero-order valence-corrected chi connectivity index (χ0v) is 9.39. The molecule has 0 fully saturated rings. The van der Waals surface area contributed by atoms with Gasteiger partial charge in [0, 0.05) is 18.2 Å². The van der Waals surface area contributed by atoms with Crippen LogP contribution in [0.5, 0.6) is 0 Å². The van der Waals surface area contributed by atoms with Gasteiger partial charge in [-0.05, 0) is 24.6 Å². The molecule has 1 atom stereocenters. The van der Waals surface area contributed by atoms with Gasteiger partial charge in [0.15, 0.2) is 0 Å². The largest absolute Gasteiger partial charge is 0.380 e. The van der Waals surface area contributed by atoms with Gasteiger partial charge in [0.2, 0.25) is 0 Å². The average molecular weight is 216 g/mol. The van der Waals surface area contributed by atoms with Gasteiger partial charge in [0.05, 0.1) is 18.2 Å². The van der Waals surface area contributed by atoms with Crippen molar-refractivity contribution in [2.24, 2.45) is 5.73 Å². The van der Waals surface area contributed by atoms with Crippen LogP contribution in [0.25, 0.3) is 10.9 Å². The average Bonchev–Trinajstić information content (AvgIpc) is 2.35. The highest BCUT2D eigenvalue weighted by Gasteiger charge is 2.06. The number of nitrogens with zero attached hydrogens (tertiary/aromatic N) is 1. The molecule has 84 valence electrons. The fourth-order valence-corrected chi connectivity index (χ4v) is 1.66. The smallest absolute Gasteiger partial charge is 0.0705 e. The predicted octanol–water partition coefficient (Wildman–Crippen LogP) is 2.27. The zero-order valence-electron chi connectivity index (χ0n) is 9.39. The van der Waals surface area contributed by atoms with Gasteiger partial charge >= 0.3 is 0 Å². The minimum absolute atomic E-state index is 0.0774. The molecule has 0 spiro atoms. The first kappa shape index (κ1) is 11.0. The van der Waals surface area contributed by atoms with Crippen LogP contribution in [0.3, 0.4) is 0 Å². The number of hydrogen-bond donors (Lipinski definition) is 1. The minimum atomic E-state index is -0.0774. The highest BCUT2D eigenvalue weighted by Crippen LogP contribution is 2.17. The number of pyridine rings is 1. The molecule has 3 heteroatoms. The first-order valence-electron chi connectivity index (χ1n) is 5.49. The summed E-state index contributed by atoms with van der Waals surface area (Å²) in [6, 6.07) is 10.0. The summed E-state index contributed by atoms with van der Waals surface area (Å²) in [4.78, 5) is 4.31. The summed E-state index contributed by atoms with van der Waals surface area (Å²) >= 11 is 0. The van der Waals surface area contributed by atoms with E-state index in [1.54, 1.807) is 6.20 Å². The Balaban J connectivity index is 2.25. The Labute approximate surface area is 95.2 Å². The third-order valence-corrected chi connectivity index (χ3v) is 2.56. The van der Waals surface area contributed by atoms with Gasteiger partial charge in [0.25, 0.3) is 0 Å². The normalized spacial score (nSPS) is 12.9. The van der Waals surface area contributed by atoms with E-state index in [1.165, 1.54) is 0 Å². The number of hydrogen-bond acceptors (Lipinski definition) is 3. The van der Waals surface area contributed by atoms with Crippen LogP contribution in [-0.4, -0.2) is 18.2 Å². The van der Waals surface area contributed by atoms with E-state index < -0.39 is 0 Å². The Morgan fingerprint density at radius 1 is 1.38 bits per heavy atom. The molecule has 2 aromatic rings. The maximum atomic E-state index is 6.02. The highest BCUT2D eigenvalue weighted by atomic mass is 16.5. The molecule has 16 heavy (non-hydrogen) atoms. The number of fused-ring (bicyclic) bond motifs is 1. The van der Waals surface area contributed by atoms with Gasteiger partial charge in [0.1, 0.15) is 0 Å². The van der Waals surface area contributed by atoms with Crippen molar-refractivity contribution < 1.29 is 4.74 Å². The van der Waals surface area contributed by atoms with Crippen molar-refractivity contribution in [3.8, 4) is 0 Å². The van der Waals surface area contributed by atoms with Gasteiger partial charge in [-0.1, -0.05) is 18.2 Å². The van der Waals surface area contributed by atoms with Crippen LogP contribution in [0.2, 0.25) is 0 Å². The molecule has 0 radical (unpaired) electrons. The fourth-order valence-electron chi connectivity index (χ4n) is 1.66. The summed E-state index contributed by atoms with van der Waals surface area (Å²) in [6.07, 6.45) is 1.79. The lowest BCUT2D eigenvalue weighted by molar-refractivity contribution is 0.133. The highest BCUT2D eigenvalue weighted by molar-refractivity contribution is 5.78. The van der Waals surface area contributed by atoms with Crippen molar-refractivity contribution in [2.75, 3.05) is 13.2 Å². The molecule has 0 saturated heterocycles. The number of nitrogens with two attached hydrogens (primary N) is 1. The monoisotopic (exact) mass is 216 g/mol. The lowest BCUT2D eigenvalue weighted by atomic mass is 10.1. The van der Waals surface area contributed by atoms with Crippen LogP contribution in [0, 0.1) is 0 Å². The maximum Gasteiger partial charge on any atom is 0.0705 e. The molecule has 3 nitrogen and oxygen atoms in total.